The van der Waals surface area contributed by atoms with Gasteiger partial charge in [0.25, 0.3) is 0 Å². The van der Waals surface area contributed by atoms with Crippen LogP contribution in [0.1, 0.15) is 46.0 Å². The number of urea groups is 1. The number of hydrogen-bond acceptors (Lipinski definition) is 1. The molecule has 0 rings (SSSR count). The standard InChI is InChI=1S/C10H22N2O.BrH/c1-3-5-6-7-9-12(8-4-2)10(11)13;/h3-9H2,1-2H3,(H2,11,13);1H. The average Bonchev–Trinajstić information content (AvgIpc) is 2.10. The Morgan fingerprint density at radius 2 is 1.71 bits per heavy atom. The lowest BCUT2D eigenvalue weighted by atomic mass is 10.2. The summed E-state index contributed by atoms with van der Waals surface area (Å²) in [4.78, 5) is 12.6. The van der Waals surface area contributed by atoms with Crippen molar-refractivity contribution in [2.75, 3.05) is 13.1 Å². The molecule has 0 aliphatic heterocycles. The minimum atomic E-state index is -0.279. The van der Waals surface area contributed by atoms with Crippen LogP contribution in [-0.4, -0.2) is 24.0 Å². The van der Waals surface area contributed by atoms with Crippen molar-refractivity contribution in [1.82, 2.24) is 4.90 Å². The first kappa shape index (κ1) is 16.2. The molecule has 0 radical (unpaired) electrons. The zero-order chi connectivity index (χ0) is 10.1. The summed E-state index contributed by atoms with van der Waals surface area (Å²) in [5.74, 6) is 0. The van der Waals surface area contributed by atoms with Crippen molar-refractivity contribution < 1.29 is 4.79 Å². The molecule has 0 saturated carbocycles. The van der Waals surface area contributed by atoms with E-state index in [9.17, 15) is 4.79 Å². The van der Waals surface area contributed by atoms with E-state index in [0.29, 0.717) is 0 Å². The molecule has 0 spiro atoms. The number of carbonyl (C=O) groups excluding carboxylic acids is 1. The summed E-state index contributed by atoms with van der Waals surface area (Å²) in [7, 11) is 0. The van der Waals surface area contributed by atoms with Gasteiger partial charge in [-0.25, -0.2) is 4.79 Å². The molecule has 86 valence electrons. The van der Waals surface area contributed by atoms with Gasteiger partial charge >= 0.3 is 6.03 Å². The van der Waals surface area contributed by atoms with Gasteiger partial charge in [-0.1, -0.05) is 33.1 Å². The van der Waals surface area contributed by atoms with E-state index in [1.807, 2.05) is 0 Å². The van der Waals surface area contributed by atoms with Crippen molar-refractivity contribution in [1.29, 1.82) is 0 Å². The fourth-order valence-corrected chi connectivity index (χ4v) is 1.33. The van der Waals surface area contributed by atoms with Gasteiger partial charge in [-0.15, -0.1) is 17.0 Å². The summed E-state index contributed by atoms with van der Waals surface area (Å²) in [6.45, 7) is 5.85. The third-order valence-corrected chi connectivity index (χ3v) is 2.09. The molecule has 0 unspecified atom stereocenters. The first-order valence-electron chi connectivity index (χ1n) is 5.26. The minimum Gasteiger partial charge on any atom is -0.351 e. The van der Waals surface area contributed by atoms with Crippen molar-refractivity contribution in [3.05, 3.63) is 0 Å². The number of carbonyl (C=O) groups is 1. The highest BCUT2D eigenvalue weighted by Gasteiger charge is 2.06. The van der Waals surface area contributed by atoms with Crippen LogP contribution in [0.25, 0.3) is 0 Å². The molecule has 0 aromatic rings. The van der Waals surface area contributed by atoms with E-state index in [4.69, 9.17) is 5.73 Å². The number of unbranched alkanes of at least 4 members (excludes halogenated alkanes) is 3. The highest BCUT2D eigenvalue weighted by atomic mass is 79.9. The molecule has 4 heteroatoms. The zero-order valence-electron chi connectivity index (χ0n) is 9.29. The van der Waals surface area contributed by atoms with Gasteiger partial charge in [-0.2, -0.15) is 0 Å². The Morgan fingerprint density at radius 1 is 1.07 bits per heavy atom. The van der Waals surface area contributed by atoms with Crippen LogP contribution in [0.5, 0.6) is 0 Å². The zero-order valence-corrected chi connectivity index (χ0v) is 11.0. The fraction of sp³-hybridized carbons (Fsp3) is 0.900. The molecule has 2 amide bonds. The third kappa shape index (κ3) is 8.35. The van der Waals surface area contributed by atoms with E-state index in [-0.39, 0.29) is 23.0 Å². The molecule has 0 aliphatic rings. The van der Waals surface area contributed by atoms with Crippen molar-refractivity contribution in [2.45, 2.75) is 46.0 Å². The second-order valence-electron chi connectivity index (χ2n) is 3.39. The van der Waals surface area contributed by atoms with E-state index in [2.05, 4.69) is 13.8 Å². The first-order chi connectivity index (χ1) is 6.22. The van der Waals surface area contributed by atoms with Gasteiger partial charge in [-0.3, -0.25) is 0 Å². The van der Waals surface area contributed by atoms with Crippen LogP contribution in [0.4, 0.5) is 4.79 Å². The second-order valence-corrected chi connectivity index (χ2v) is 3.39. The van der Waals surface area contributed by atoms with Gasteiger partial charge in [0.05, 0.1) is 0 Å². The number of rotatable bonds is 7. The topological polar surface area (TPSA) is 46.3 Å². The molecule has 0 aliphatic carbocycles. The molecule has 0 fully saturated rings. The van der Waals surface area contributed by atoms with Gasteiger partial charge in [0, 0.05) is 13.1 Å². The Balaban J connectivity index is 0. The summed E-state index contributed by atoms with van der Waals surface area (Å²) in [6.07, 6.45) is 5.74. The lowest BCUT2D eigenvalue weighted by Crippen LogP contribution is -2.36. The summed E-state index contributed by atoms with van der Waals surface area (Å²) in [6, 6.07) is -0.279. The minimum absolute atomic E-state index is 0. The van der Waals surface area contributed by atoms with Crippen LogP contribution < -0.4 is 5.73 Å². The van der Waals surface area contributed by atoms with Gasteiger partial charge in [0.15, 0.2) is 0 Å². The Bertz CT molecular complexity index is 142. The highest BCUT2D eigenvalue weighted by Crippen LogP contribution is 2.01. The number of nitrogens with two attached hydrogens (primary N) is 1. The third-order valence-electron chi connectivity index (χ3n) is 2.09. The molecule has 14 heavy (non-hydrogen) atoms. The van der Waals surface area contributed by atoms with Gasteiger partial charge in [0.2, 0.25) is 0 Å². The molecule has 2 N–H and O–H groups in total. The van der Waals surface area contributed by atoms with E-state index in [1.165, 1.54) is 19.3 Å². The van der Waals surface area contributed by atoms with Crippen LogP contribution in [-0.2, 0) is 0 Å². The van der Waals surface area contributed by atoms with Crippen LogP contribution in [0.2, 0.25) is 0 Å². The molecule has 0 aromatic heterocycles. The first-order valence-corrected chi connectivity index (χ1v) is 5.26. The lowest BCUT2D eigenvalue weighted by Gasteiger charge is -2.19. The second kappa shape index (κ2) is 10.8. The Hall–Kier alpha value is -0.250. The van der Waals surface area contributed by atoms with Crippen molar-refractivity contribution in [3.8, 4) is 0 Å². The number of halogens is 1. The van der Waals surface area contributed by atoms with Crippen LogP contribution >= 0.6 is 17.0 Å². The maximum absolute atomic E-state index is 10.9. The number of hydrogen-bond donors (Lipinski definition) is 1. The molecule has 0 saturated heterocycles. The van der Waals surface area contributed by atoms with Gasteiger partial charge in [-0.05, 0) is 12.8 Å². The fourth-order valence-electron chi connectivity index (χ4n) is 1.33. The van der Waals surface area contributed by atoms with E-state index < -0.39 is 0 Å². The SMILES string of the molecule is Br.CCCCCCN(CCC)C(N)=O. The van der Waals surface area contributed by atoms with Gasteiger partial charge < -0.3 is 10.6 Å². The Morgan fingerprint density at radius 3 is 2.14 bits per heavy atom. The Labute approximate surface area is 97.8 Å². The largest absolute Gasteiger partial charge is 0.351 e. The number of nitrogens with zero attached hydrogens (tertiary/aromatic N) is 1. The smallest absolute Gasteiger partial charge is 0.314 e. The van der Waals surface area contributed by atoms with Crippen LogP contribution in [0.15, 0.2) is 0 Å². The molecule has 0 atom stereocenters. The quantitative estimate of drug-likeness (QED) is 0.708. The summed E-state index contributed by atoms with van der Waals surface area (Å²) >= 11 is 0. The van der Waals surface area contributed by atoms with Crippen molar-refractivity contribution in [3.63, 3.8) is 0 Å². The predicted octanol–water partition coefficient (Wildman–Crippen LogP) is 2.94. The molecule has 0 bridgehead atoms. The maximum atomic E-state index is 10.9. The van der Waals surface area contributed by atoms with Crippen molar-refractivity contribution in [2.24, 2.45) is 5.73 Å². The summed E-state index contributed by atoms with van der Waals surface area (Å²) < 4.78 is 0. The molecular formula is C10H23BrN2O. The van der Waals surface area contributed by atoms with E-state index >= 15 is 0 Å². The number of primary amides is 1. The van der Waals surface area contributed by atoms with Crippen LogP contribution in [0.3, 0.4) is 0 Å². The van der Waals surface area contributed by atoms with E-state index in [1.54, 1.807) is 4.90 Å². The van der Waals surface area contributed by atoms with Gasteiger partial charge in [0.1, 0.15) is 0 Å². The molecular weight excluding hydrogens is 244 g/mol. The van der Waals surface area contributed by atoms with E-state index in [0.717, 1.165) is 25.9 Å². The van der Waals surface area contributed by atoms with Crippen molar-refractivity contribution >= 4 is 23.0 Å². The predicted molar refractivity (Wildman–Crippen MR) is 65.9 cm³/mol. The monoisotopic (exact) mass is 266 g/mol. The summed E-state index contributed by atoms with van der Waals surface area (Å²) in [5.41, 5.74) is 5.22. The Kier molecular flexibility index (Phi) is 12.5. The normalized spacial score (nSPS) is 9.29. The number of amides is 2. The molecule has 0 heterocycles. The van der Waals surface area contributed by atoms with Crippen LogP contribution in [0, 0.1) is 0 Å². The lowest BCUT2D eigenvalue weighted by molar-refractivity contribution is 0.206. The maximum Gasteiger partial charge on any atom is 0.314 e. The summed E-state index contributed by atoms with van der Waals surface area (Å²) in [5, 5.41) is 0. The average molecular weight is 267 g/mol. The highest BCUT2D eigenvalue weighted by molar-refractivity contribution is 8.93. The molecule has 3 nitrogen and oxygen atoms in total. The molecule has 0 aromatic carbocycles.